The molecule has 1 N–H and O–H groups in total. The Kier molecular flexibility index (Phi) is 5.47. The minimum Gasteiger partial charge on any atom is -0.395 e. The Hall–Kier alpha value is -1.53. The number of sulfonamides is 1. The molecule has 120 valence electrons. The molecule has 22 heavy (non-hydrogen) atoms. The summed E-state index contributed by atoms with van der Waals surface area (Å²) >= 11 is 0. The number of nitriles is 1. The van der Waals surface area contributed by atoms with E-state index in [1.165, 1.54) is 4.31 Å². The van der Waals surface area contributed by atoms with Crippen LogP contribution in [0.5, 0.6) is 0 Å². The lowest BCUT2D eigenvalue weighted by atomic mass is 10.2. The van der Waals surface area contributed by atoms with Gasteiger partial charge in [-0.2, -0.15) is 9.57 Å². The average molecular weight is 327 g/mol. The Labute approximate surface area is 129 Å². The number of aliphatic hydroxyl groups excluding tert-OH is 1. The first kappa shape index (κ1) is 16.8. The lowest BCUT2D eigenvalue weighted by Crippen LogP contribution is -2.36. The van der Waals surface area contributed by atoms with Crippen molar-refractivity contribution in [3.63, 3.8) is 0 Å². The number of halogens is 1. The van der Waals surface area contributed by atoms with Crippen LogP contribution in [0.15, 0.2) is 23.1 Å². The fourth-order valence-corrected chi connectivity index (χ4v) is 4.10. The normalized spacial score (nSPS) is 17.9. The van der Waals surface area contributed by atoms with Crippen molar-refractivity contribution < 1.29 is 17.9 Å². The molecule has 0 saturated carbocycles. The topological polar surface area (TPSA) is 84.6 Å². The van der Waals surface area contributed by atoms with E-state index in [9.17, 15) is 12.8 Å². The highest BCUT2D eigenvalue weighted by atomic mass is 32.2. The summed E-state index contributed by atoms with van der Waals surface area (Å²) < 4.78 is 39.9. The number of β-amino-alcohol motifs (C(OH)–C–C–N with tert-alkyl or cyclic N) is 1. The highest BCUT2D eigenvalue weighted by molar-refractivity contribution is 7.89. The molecular weight excluding hydrogens is 309 g/mol. The van der Waals surface area contributed by atoms with Gasteiger partial charge in [0.15, 0.2) is 0 Å². The van der Waals surface area contributed by atoms with E-state index in [-0.39, 0.29) is 23.6 Å². The van der Waals surface area contributed by atoms with Gasteiger partial charge in [-0.25, -0.2) is 12.8 Å². The Morgan fingerprint density at radius 3 is 2.73 bits per heavy atom. The van der Waals surface area contributed by atoms with Gasteiger partial charge >= 0.3 is 0 Å². The van der Waals surface area contributed by atoms with Crippen LogP contribution >= 0.6 is 0 Å². The zero-order chi connectivity index (χ0) is 16.2. The van der Waals surface area contributed by atoms with Gasteiger partial charge in [0.1, 0.15) is 16.8 Å². The molecule has 0 aliphatic carbocycles. The van der Waals surface area contributed by atoms with Gasteiger partial charge in [0.2, 0.25) is 10.0 Å². The molecule has 0 unspecified atom stereocenters. The fourth-order valence-electron chi connectivity index (χ4n) is 2.51. The van der Waals surface area contributed by atoms with Crippen LogP contribution in [-0.4, -0.2) is 62.1 Å². The Morgan fingerprint density at radius 2 is 2.05 bits per heavy atom. The van der Waals surface area contributed by atoms with Gasteiger partial charge in [0.05, 0.1) is 12.2 Å². The predicted octanol–water partition coefficient (Wildman–Crippen LogP) is 0.386. The molecule has 1 aromatic rings. The third kappa shape index (κ3) is 3.62. The first-order valence-electron chi connectivity index (χ1n) is 7.02. The van der Waals surface area contributed by atoms with Gasteiger partial charge in [-0.05, 0) is 31.2 Å². The average Bonchev–Trinajstić information content (AvgIpc) is 2.73. The van der Waals surface area contributed by atoms with Crippen molar-refractivity contribution in [2.24, 2.45) is 0 Å². The van der Waals surface area contributed by atoms with E-state index in [4.69, 9.17) is 10.4 Å². The maximum atomic E-state index is 13.2. The molecule has 1 fully saturated rings. The summed E-state index contributed by atoms with van der Waals surface area (Å²) in [4.78, 5) is 1.83. The van der Waals surface area contributed by atoms with Crippen LogP contribution in [0.4, 0.5) is 4.39 Å². The largest absolute Gasteiger partial charge is 0.395 e. The number of nitrogens with zero attached hydrogens (tertiary/aromatic N) is 3. The SMILES string of the molecule is N#Cc1cc(F)ccc1S(=O)(=O)N1CCCN(CCO)CC1. The third-order valence-electron chi connectivity index (χ3n) is 3.64. The predicted molar refractivity (Wildman–Crippen MR) is 78.0 cm³/mol. The van der Waals surface area contributed by atoms with Crippen LogP contribution in [0.1, 0.15) is 12.0 Å². The van der Waals surface area contributed by atoms with Gasteiger partial charge in [0, 0.05) is 26.2 Å². The van der Waals surface area contributed by atoms with Crippen molar-refractivity contribution in [1.29, 1.82) is 5.26 Å². The Morgan fingerprint density at radius 1 is 1.27 bits per heavy atom. The number of hydrogen-bond acceptors (Lipinski definition) is 5. The van der Waals surface area contributed by atoms with Gasteiger partial charge in [-0.1, -0.05) is 0 Å². The minimum atomic E-state index is -3.83. The van der Waals surface area contributed by atoms with Crippen molar-refractivity contribution in [2.45, 2.75) is 11.3 Å². The second-order valence-electron chi connectivity index (χ2n) is 5.08. The zero-order valence-electron chi connectivity index (χ0n) is 12.1. The summed E-state index contributed by atoms with van der Waals surface area (Å²) in [7, 11) is -3.83. The maximum absolute atomic E-state index is 13.2. The molecule has 1 aliphatic rings. The number of hydrogen-bond donors (Lipinski definition) is 1. The minimum absolute atomic E-state index is 0.0310. The van der Waals surface area contributed by atoms with Crippen LogP contribution in [0.25, 0.3) is 0 Å². The van der Waals surface area contributed by atoms with Crippen molar-refractivity contribution in [1.82, 2.24) is 9.21 Å². The molecule has 0 aromatic heterocycles. The number of aliphatic hydroxyl groups is 1. The summed E-state index contributed by atoms with van der Waals surface area (Å²) in [5, 5.41) is 18.0. The summed E-state index contributed by atoms with van der Waals surface area (Å²) in [5.74, 6) is -0.638. The molecular formula is C14H18FN3O3S. The van der Waals surface area contributed by atoms with Crippen molar-refractivity contribution in [3.8, 4) is 6.07 Å². The van der Waals surface area contributed by atoms with Gasteiger partial charge in [0.25, 0.3) is 0 Å². The summed E-state index contributed by atoms with van der Waals surface area (Å²) in [6.07, 6.45) is 0.641. The standard InChI is InChI=1S/C14H18FN3O3S/c15-13-2-3-14(12(10-13)11-16)22(20,21)18-5-1-4-17(6-7-18)8-9-19/h2-3,10,19H,1,4-9H2. The van der Waals surface area contributed by atoms with Gasteiger partial charge in [-0.15, -0.1) is 0 Å². The maximum Gasteiger partial charge on any atom is 0.244 e. The second-order valence-corrected chi connectivity index (χ2v) is 6.98. The molecule has 0 atom stereocenters. The Bertz CT molecular complexity index is 672. The van der Waals surface area contributed by atoms with E-state index in [2.05, 4.69) is 0 Å². The van der Waals surface area contributed by atoms with Gasteiger partial charge in [-0.3, -0.25) is 4.90 Å². The van der Waals surface area contributed by atoms with E-state index in [1.54, 1.807) is 6.07 Å². The highest BCUT2D eigenvalue weighted by Crippen LogP contribution is 2.22. The molecule has 1 heterocycles. The third-order valence-corrected chi connectivity index (χ3v) is 5.60. The highest BCUT2D eigenvalue weighted by Gasteiger charge is 2.29. The van der Waals surface area contributed by atoms with Crippen molar-refractivity contribution >= 4 is 10.0 Å². The van der Waals surface area contributed by atoms with Gasteiger partial charge < -0.3 is 5.11 Å². The smallest absolute Gasteiger partial charge is 0.244 e. The van der Waals surface area contributed by atoms with Crippen LogP contribution in [0, 0.1) is 17.1 Å². The lowest BCUT2D eigenvalue weighted by molar-refractivity contribution is 0.202. The van der Waals surface area contributed by atoms with Crippen LogP contribution in [0.3, 0.4) is 0 Å². The van der Waals surface area contributed by atoms with Crippen molar-refractivity contribution in [2.75, 3.05) is 39.3 Å². The zero-order valence-corrected chi connectivity index (χ0v) is 12.9. The van der Waals surface area contributed by atoms with E-state index in [1.807, 2.05) is 4.90 Å². The first-order chi connectivity index (χ1) is 10.5. The fraction of sp³-hybridized carbons (Fsp3) is 0.500. The van der Waals surface area contributed by atoms with E-state index in [0.29, 0.717) is 32.6 Å². The molecule has 1 aromatic carbocycles. The number of rotatable bonds is 4. The molecule has 8 heteroatoms. The van der Waals surface area contributed by atoms with E-state index in [0.717, 1.165) is 18.2 Å². The monoisotopic (exact) mass is 327 g/mol. The molecule has 1 aliphatic heterocycles. The molecule has 6 nitrogen and oxygen atoms in total. The molecule has 0 spiro atoms. The summed E-state index contributed by atoms with van der Waals surface area (Å²) in [6.45, 7) is 2.39. The summed E-state index contributed by atoms with van der Waals surface area (Å²) in [5.41, 5.74) is -0.184. The lowest BCUT2D eigenvalue weighted by Gasteiger charge is -2.21. The molecule has 1 saturated heterocycles. The molecule has 2 rings (SSSR count). The molecule has 0 amide bonds. The molecule has 0 radical (unpaired) electrons. The van der Waals surface area contributed by atoms with Crippen LogP contribution < -0.4 is 0 Å². The van der Waals surface area contributed by atoms with Crippen LogP contribution in [-0.2, 0) is 10.0 Å². The molecule has 0 bridgehead atoms. The quantitative estimate of drug-likeness (QED) is 0.864. The first-order valence-corrected chi connectivity index (χ1v) is 8.46. The van der Waals surface area contributed by atoms with E-state index >= 15 is 0 Å². The van der Waals surface area contributed by atoms with E-state index < -0.39 is 15.8 Å². The second kappa shape index (κ2) is 7.15. The summed E-state index contributed by atoms with van der Waals surface area (Å²) in [6, 6.07) is 4.85. The Balaban J connectivity index is 2.26. The van der Waals surface area contributed by atoms with Crippen molar-refractivity contribution in [3.05, 3.63) is 29.6 Å². The van der Waals surface area contributed by atoms with Crippen LogP contribution in [0.2, 0.25) is 0 Å². The number of benzene rings is 1.